The van der Waals surface area contributed by atoms with Crippen molar-refractivity contribution in [2.75, 3.05) is 7.11 Å². The highest BCUT2D eigenvalue weighted by molar-refractivity contribution is 5.91. The van der Waals surface area contributed by atoms with Crippen molar-refractivity contribution in [2.24, 2.45) is 0 Å². The van der Waals surface area contributed by atoms with E-state index in [1.54, 1.807) is 0 Å². The van der Waals surface area contributed by atoms with E-state index >= 15 is 0 Å². The topological polar surface area (TPSA) is 44.8 Å². The maximum atomic E-state index is 13.5. The van der Waals surface area contributed by atoms with E-state index in [2.05, 4.69) is 4.74 Å². The van der Waals surface area contributed by atoms with Gasteiger partial charge in [0.05, 0.1) is 12.7 Å². The molecule has 0 bridgehead atoms. The Balaban J connectivity index is 2.10. The second-order valence-electron chi connectivity index (χ2n) is 4.26. The third-order valence-electron chi connectivity index (χ3n) is 2.67. The molecule has 0 saturated heterocycles. The van der Waals surface area contributed by atoms with Crippen molar-refractivity contribution in [1.82, 2.24) is 0 Å². The molecule has 0 aliphatic rings. The van der Waals surface area contributed by atoms with Gasteiger partial charge in [-0.15, -0.1) is 13.2 Å². The molecule has 0 N–H and O–H groups in total. The smallest absolute Gasteiger partial charge is 0.497 e. The Bertz CT molecular complexity index is 696. The van der Waals surface area contributed by atoms with E-state index in [-0.39, 0.29) is 11.3 Å². The van der Waals surface area contributed by atoms with Gasteiger partial charge in [-0.25, -0.2) is 9.18 Å². The number of hydrogen-bond acceptors (Lipinski definition) is 4. The van der Waals surface area contributed by atoms with E-state index < -0.39 is 23.9 Å². The normalized spacial score (nSPS) is 11.0. The van der Waals surface area contributed by atoms with Gasteiger partial charge in [0, 0.05) is 6.07 Å². The fourth-order valence-corrected chi connectivity index (χ4v) is 1.65. The molecule has 2 rings (SSSR count). The first-order chi connectivity index (χ1) is 10.8. The monoisotopic (exact) mass is 330 g/mol. The minimum Gasteiger partial charge on any atom is -0.497 e. The zero-order valence-corrected chi connectivity index (χ0v) is 11.7. The van der Waals surface area contributed by atoms with Crippen LogP contribution in [0, 0.1) is 5.82 Å². The number of halogens is 4. The molecular weight excluding hydrogens is 320 g/mol. The SMILES string of the molecule is COc1ccc(C(=O)Oc2ccc(OC(F)(F)F)c(F)c2)cc1. The van der Waals surface area contributed by atoms with Crippen LogP contribution in [0.5, 0.6) is 17.2 Å². The molecule has 0 saturated carbocycles. The number of ether oxygens (including phenoxy) is 3. The summed E-state index contributed by atoms with van der Waals surface area (Å²) in [5, 5.41) is 0. The molecule has 4 nitrogen and oxygen atoms in total. The summed E-state index contributed by atoms with van der Waals surface area (Å²) in [6, 6.07) is 8.25. The average molecular weight is 330 g/mol. The number of carbonyl (C=O) groups excluding carboxylic acids is 1. The molecule has 122 valence electrons. The zero-order valence-electron chi connectivity index (χ0n) is 11.7. The predicted octanol–water partition coefficient (Wildman–Crippen LogP) is 3.95. The second-order valence-corrected chi connectivity index (χ2v) is 4.26. The van der Waals surface area contributed by atoms with Crippen LogP contribution in [0.4, 0.5) is 17.6 Å². The van der Waals surface area contributed by atoms with Crippen LogP contribution in [0.1, 0.15) is 10.4 Å². The summed E-state index contributed by atoms with van der Waals surface area (Å²) in [4.78, 5) is 11.8. The summed E-state index contributed by atoms with van der Waals surface area (Å²) in [6.07, 6.45) is -5.01. The van der Waals surface area contributed by atoms with Crippen LogP contribution in [0.2, 0.25) is 0 Å². The predicted molar refractivity (Wildman–Crippen MR) is 71.0 cm³/mol. The van der Waals surface area contributed by atoms with Gasteiger partial charge in [0.15, 0.2) is 11.6 Å². The Hall–Kier alpha value is -2.77. The molecule has 0 aliphatic heterocycles. The standard InChI is InChI=1S/C15H10F4O4/c1-21-10-4-2-9(3-5-10)14(20)22-11-6-7-13(12(16)8-11)23-15(17,18)19/h2-8H,1H3. The van der Waals surface area contributed by atoms with Gasteiger partial charge in [-0.3, -0.25) is 0 Å². The van der Waals surface area contributed by atoms with Crippen molar-refractivity contribution in [1.29, 1.82) is 0 Å². The molecule has 0 fully saturated rings. The summed E-state index contributed by atoms with van der Waals surface area (Å²) in [7, 11) is 1.46. The van der Waals surface area contributed by atoms with E-state index in [4.69, 9.17) is 9.47 Å². The third-order valence-corrected chi connectivity index (χ3v) is 2.67. The van der Waals surface area contributed by atoms with Crippen molar-refractivity contribution < 1.29 is 36.6 Å². The molecule has 0 spiro atoms. The number of hydrogen-bond donors (Lipinski definition) is 0. The molecule has 0 atom stereocenters. The maximum Gasteiger partial charge on any atom is 0.573 e. The van der Waals surface area contributed by atoms with Gasteiger partial charge in [0.1, 0.15) is 11.5 Å². The van der Waals surface area contributed by atoms with Crippen LogP contribution < -0.4 is 14.2 Å². The van der Waals surface area contributed by atoms with Gasteiger partial charge >= 0.3 is 12.3 Å². The zero-order chi connectivity index (χ0) is 17.0. The van der Waals surface area contributed by atoms with Gasteiger partial charge in [-0.05, 0) is 36.4 Å². The van der Waals surface area contributed by atoms with Crippen molar-refractivity contribution in [3.63, 3.8) is 0 Å². The Kier molecular flexibility index (Phi) is 4.73. The van der Waals surface area contributed by atoms with Crippen LogP contribution in [0.15, 0.2) is 42.5 Å². The number of rotatable bonds is 4. The molecule has 0 amide bonds. The first-order valence-electron chi connectivity index (χ1n) is 6.20. The number of esters is 1. The largest absolute Gasteiger partial charge is 0.573 e. The highest BCUT2D eigenvalue weighted by Crippen LogP contribution is 2.28. The van der Waals surface area contributed by atoms with Crippen molar-refractivity contribution in [2.45, 2.75) is 6.36 Å². The van der Waals surface area contributed by atoms with Crippen LogP contribution in [-0.2, 0) is 0 Å². The van der Waals surface area contributed by atoms with E-state index in [1.807, 2.05) is 0 Å². The van der Waals surface area contributed by atoms with Crippen molar-refractivity contribution in [3.8, 4) is 17.2 Å². The lowest BCUT2D eigenvalue weighted by atomic mass is 10.2. The van der Waals surface area contributed by atoms with Crippen LogP contribution in [-0.4, -0.2) is 19.4 Å². The second kappa shape index (κ2) is 6.55. The minimum absolute atomic E-state index is 0.168. The van der Waals surface area contributed by atoms with Crippen molar-refractivity contribution in [3.05, 3.63) is 53.8 Å². The number of methoxy groups -OCH3 is 1. The lowest BCUT2D eigenvalue weighted by Crippen LogP contribution is -2.18. The first kappa shape index (κ1) is 16.6. The first-order valence-corrected chi connectivity index (χ1v) is 6.20. The van der Waals surface area contributed by atoms with Crippen LogP contribution in [0.3, 0.4) is 0 Å². The summed E-state index contributed by atoms with van der Waals surface area (Å²) >= 11 is 0. The Morgan fingerprint density at radius 2 is 1.61 bits per heavy atom. The molecule has 23 heavy (non-hydrogen) atoms. The van der Waals surface area contributed by atoms with E-state index in [1.165, 1.54) is 31.4 Å². The van der Waals surface area contributed by atoms with Crippen molar-refractivity contribution >= 4 is 5.97 Å². The highest BCUT2D eigenvalue weighted by Gasteiger charge is 2.32. The molecule has 8 heteroatoms. The summed E-state index contributed by atoms with van der Waals surface area (Å²) in [6.45, 7) is 0. The quantitative estimate of drug-likeness (QED) is 0.484. The number of alkyl halides is 3. The Morgan fingerprint density at radius 1 is 1.00 bits per heavy atom. The van der Waals surface area contributed by atoms with E-state index in [0.29, 0.717) is 11.8 Å². The molecule has 0 aliphatic carbocycles. The third kappa shape index (κ3) is 4.60. The van der Waals surface area contributed by atoms with E-state index in [9.17, 15) is 22.4 Å². The number of benzene rings is 2. The lowest BCUT2D eigenvalue weighted by molar-refractivity contribution is -0.275. The minimum atomic E-state index is -5.01. The lowest BCUT2D eigenvalue weighted by Gasteiger charge is -2.10. The van der Waals surface area contributed by atoms with E-state index in [0.717, 1.165) is 12.1 Å². The highest BCUT2D eigenvalue weighted by atomic mass is 19.4. The summed E-state index contributed by atoms with van der Waals surface area (Å²) in [5.74, 6) is -2.83. The van der Waals surface area contributed by atoms with Gasteiger partial charge < -0.3 is 14.2 Å². The molecule has 0 unspecified atom stereocenters. The molecular formula is C15H10F4O4. The average Bonchev–Trinajstić information content (AvgIpc) is 2.49. The molecule has 0 heterocycles. The fourth-order valence-electron chi connectivity index (χ4n) is 1.65. The van der Waals surface area contributed by atoms with Gasteiger partial charge in [-0.1, -0.05) is 0 Å². The van der Waals surface area contributed by atoms with Crippen LogP contribution >= 0.6 is 0 Å². The molecule has 2 aromatic carbocycles. The Morgan fingerprint density at radius 3 is 2.13 bits per heavy atom. The summed E-state index contributed by atoms with van der Waals surface area (Å²) in [5.41, 5.74) is 0.168. The summed E-state index contributed by atoms with van der Waals surface area (Å²) < 4.78 is 62.9. The fraction of sp³-hybridized carbons (Fsp3) is 0.133. The molecule has 0 radical (unpaired) electrons. The molecule has 0 aromatic heterocycles. The molecule has 2 aromatic rings. The number of carbonyl (C=O) groups is 1. The van der Waals surface area contributed by atoms with Gasteiger partial charge in [0.25, 0.3) is 0 Å². The van der Waals surface area contributed by atoms with Crippen LogP contribution in [0.25, 0.3) is 0 Å². The van der Waals surface area contributed by atoms with Gasteiger partial charge in [-0.2, -0.15) is 0 Å². The Labute approximate surface area is 128 Å². The maximum absolute atomic E-state index is 13.5. The van der Waals surface area contributed by atoms with Gasteiger partial charge in [0.2, 0.25) is 0 Å².